The number of hydrogen-bond acceptors (Lipinski definition) is 5. The lowest BCUT2D eigenvalue weighted by Crippen LogP contribution is -2.51. The molecular formula is C40H29FN2O4. The van der Waals surface area contributed by atoms with Crippen molar-refractivity contribution in [2.24, 2.45) is 5.92 Å². The van der Waals surface area contributed by atoms with E-state index in [1.165, 1.54) is 24.3 Å². The maximum atomic E-state index is 15.1. The normalized spacial score (nSPS) is 22.0. The van der Waals surface area contributed by atoms with Crippen LogP contribution in [0.2, 0.25) is 0 Å². The number of Topliss-reactive ketones (excluding diaryl/α,β-unsaturated/α-hetero) is 1. The van der Waals surface area contributed by atoms with Gasteiger partial charge in [0.15, 0.2) is 11.9 Å². The molecule has 1 N–H and O–H groups in total. The minimum absolute atomic E-state index is 0.228. The van der Waals surface area contributed by atoms with E-state index in [0.29, 0.717) is 11.3 Å². The summed E-state index contributed by atoms with van der Waals surface area (Å²) in [4.78, 5) is 46.4. The van der Waals surface area contributed by atoms with Crippen LogP contribution in [0.15, 0.2) is 140 Å². The molecule has 7 heteroatoms. The van der Waals surface area contributed by atoms with E-state index in [4.69, 9.17) is 4.74 Å². The summed E-state index contributed by atoms with van der Waals surface area (Å²) in [6.45, 7) is 0. The number of nitrogens with zero attached hydrogens (tertiary/aromatic N) is 1. The van der Waals surface area contributed by atoms with E-state index in [0.717, 1.165) is 22.4 Å². The molecule has 3 aliphatic heterocycles. The number of halogens is 1. The standard InChI is InChI=1S/C40H29FN2O4/c41-29-22-19-26(20-23-29)36(44)35-34(38(45)47-37(27-12-3-1-4-13-27)28-14-5-2-6-15-28)40(30-16-8-9-17-31(30)42-39(40)46)33-24-21-25-11-7-10-18-32(25)43(33)35/h1-24,33-35,37H,(H,42,46)/t33-,34-,35+,40+/m1/s1. The number of hydrogen-bond donors (Lipinski definition) is 1. The molecule has 1 amide bonds. The zero-order valence-corrected chi connectivity index (χ0v) is 25.1. The highest BCUT2D eigenvalue weighted by Gasteiger charge is 2.71. The van der Waals surface area contributed by atoms with Gasteiger partial charge in [0, 0.05) is 16.9 Å². The van der Waals surface area contributed by atoms with Crippen molar-refractivity contribution in [2.45, 2.75) is 23.6 Å². The molecule has 0 radical (unpaired) electrons. The Morgan fingerprint density at radius 1 is 0.766 bits per heavy atom. The number of ketones is 1. The van der Waals surface area contributed by atoms with Crippen LogP contribution in [0.5, 0.6) is 0 Å². The fourth-order valence-corrected chi connectivity index (χ4v) is 7.64. The summed E-state index contributed by atoms with van der Waals surface area (Å²) in [6, 6.07) is 37.2. The van der Waals surface area contributed by atoms with Gasteiger partial charge in [-0.3, -0.25) is 14.4 Å². The third-order valence-corrected chi connectivity index (χ3v) is 9.63. The SMILES string of the molecule is O=C(c1ccc(F)cc1)[C@@H]1[C@H](C(=O)OC(c2ccccc2)c2ccccc2)[C@@]2(C(=O)Nc3ccccc32)[C@H]2C=Cc3ccccc3N12. The summed E-state index contributed by atoms with van der Waals surface area (Å²) in [5.74, 6) is -3.24. The molecule has 4 atom stereocenters. The molecule has 8 rings (SSSR count). The quantitative estimate of drug-likeness (QED) is 0.162. The van der Waals surface area contributed by atoms with Crippen molar-refractivity contribution in [2.75, 3.05) is 10.2 Å². The number of carbonyl (C=O) groups is 3. The molecule has 6 nitrogen and oxygen atoms in total. The first-order valence-electron chi connectivity index (χ1n) is 15.5. The van der Waals surface area contributed by atoms with E-state index in [9.17, 15) is 14.0 Å². The third-order valence-electron chi connectivity index (χ3n) is 9.63. The lowest BCUT2D eigenvalue weighted by Gasteiger charge is -2.37. The number of para-hydroxylation sites is 2. The highest BCUT2D eigenvalue weighted by Crippen LogP contribution is 2.58. The molecule has 230 valence electrons. The molecule has 47 heavy (non-hydrogen) atoms. The maximum Gasteiger partial charge on any atom is 0.314 e. The topological polar surface area (TPSA) is 75.7 Å². The molecular weight excluding hydrogens is 591 g/mol. The van der Waals surface area contributed by atoms with E-state index in [1.54, 1.807) is 6.07 Å². The van der Waals surface area contributed by atoms with Crippen molar-refractivity contribution < 1.29 is 23.5 Å². The van der Waals surface area contributed by atoms with Crippen molar-refractivity contribution in [3.8, 4) is 0 Å². The number of rotatable bonds is 6. The van der Waals surface area contributed by atoms with Crippen molar-refractivity contribution in [3.05, 3.63) is 173 Å². The second-order valence-electron chi connectivity index (χ2n) is 12.1. The molecule has 0 bridgehead atoms. The van der Waals surface area contributed by atoms with Crippen LogP contribution in [0.3, 0.4) is 0 Å². The lowest BCUT2D eigenvalue weighted by atomic mass is 9.66. The van der Waals surface area contributed by atoms with Crippen LogP contribution in [0.25, 0.3) is 6.08 Å². The van der Waals surface area contributed by atoms with Gasteiger partial charge in [0.05, 0.1) is 6.04 Å². The minimum Gasteiger partial charge on any atom is -0.452 e. The summed E-state index contributed by atoms with van der Waals surface area (Å²) in [7, 11) is 0. The summed E-state index contributed by atoms with van der Waals surface area (Å²) in [5.41, 5.74) is 2.98. The summed E-state index contributed by atoms with van der Waals surface area (Å²) < 4.78 is 20.6. The molecule has 0 aliphatic carbocycles. The number of esters is 1. The van der Waals surface area contributed by atoms with Crippen molar-refractivity contribution in [1.29, 1.82) is 0 Å². The summed E-state index contributed by atoms with van der Waals surface area (Å²) >= 11 is 0. The molecule has 3 aliphatic rings. The van der Waals surface area contributed by atoms with Crippen LogP contribution < -0.4 is 10.2 Å². The molecule has 0 saturated carbocycles. The number of carbonyl (C=O) groups excluding carboxylic acids is 3. The van der Waals surface area contributed by atoms with Crippen molar-refractivity contribution in [1.82, 2.24) is 0 Å². The molecule has 1 spiro atoms. The maximum absolute atomic E-state index is 15.1. The van der Waals surface area contributed by atoms with Gasteiger partial charge in [0.2, 0.25) is 5.91 Å². The number of anilines is 2. The van der Waals surface area contributed by atoms with Gasteiger partial charge in [-0.2, -0.15) is 0 Å². The Balaban J connectivity index is 1.36. The lowest BCUT2D eigenvalue weighted by molar-refractivity contribution is -0.156. The molecule has 3 heterocycles. The fourth-order valence-electron chi connectivity index (χ4n) is 7.64. The second kappa shape index (κ2) is 11.2. The zero-order chi connectivity index (χ0) is 32.1. The minimum atomic E-state index is -1.52. The zero-order valence-electron chi connectivity index (χ0n) is 25.1. The van der Waals surface area contributed by atoms with Crippen LogP contribution in [0.1, 0.15) is 38.7 Å². The Labute approximate surface area is 271 Å². The molecule has 5 aromatic carbocycles. The fraction of sp³-hybridized carbons (Fsp3) is 0.125. The number of ether oxygens (including phenoxy) is 1. The second-order valence-corrected chi connectivity index (χ2v) is 12.1. The largest absolute Gasteiger partial charge is 0.452 e. The van der Waals surface area contributed by atoms with Gasteiger partial charge < -0.3 is 15.0 Å². The molecule has 0 unspecified atom stereocenters. The van der Waals surface area contributed by atoms with Gasteiger partial charge in [-0.15, -0.1) is 0 Å². The predicted octanol–water partition coefficient (Wildman–Crippen LogP) is 7.13. The van der Waals surface area contributed by atoms with Crippen LogP contribution >= 0.6 is 0 Å². The van der Waals surface area contributed by atoms with E-state index < -0.39 is 47.1 Å². The van der Waals surface area contributed by atoms with Gasteiger partial charge in [0.1, 0.15) is 23.2 Å². The molecule has 1 saturated heterocycles. The van der Waals surface area contributed by atoms with E-state index in [1.807, 2.05) is 120 Å². The molecule has 5 aromatic rings. The summed E-state index contributed by atoms with van der Waals surface area (Å²) in [6.07, 6.45) is 3.05. The van der Waals surface area contributed by atoms with Crippen LogP contribution in [0, 0.1) is 11.7 Å². The first kappa shape index (κ1) is 28.6. The Hall–Kier alpha value is -5.82. The van der Waals surface area contributed by atoms with E-state index in [2.05, 4.69) is 5.32 Å². The van der Waals surface area contributed by atoms with Crippen molar-refractivity contribution in [3.63, 3.8) is 0 Å². The van der Waals surface area contributed by atoms with Gasteiger partial charge in [-0.1, -0.05) is 109 Å². The first-order valence-corrected chi connectivity index (χ1v) is 15.5. The smallest absolute Gasteiger partial charge is 0.314 e. The first-order chi connectivity index (χ1) is 23.0. The number of amides is 1. The van der Waals surface area contributed by atoms with Crippen LogP contribution in [-0.2, 0) is 19.7 Å². The third kappa shape index (κ3) is 4.41. The Morgan fingerprint density at radius 3 is 2.09 bits per heavy atom. The van der Waals surface area contributed by atoms with Gasteiger partial charge in [-0.05, 0) is 58.7 Å². The van der Waals surface area contributed by atoms with Crippen LogP contribution in [-0.4, -0.2) is 29.7 Å². The van der Waals surface area contributed by atoms with Crippen LogP contribution in [0.4, 0.5) is 15.8 Å². The highest BCUT2D eigenvalue weighted by molar-refractivity contribution is 6.15. The van der Waals surface area contributed by atoms with Crippen molar-refractivity contribution >= 4 is 35.1 Å². The number of nitrogens with one attached hydrogen (secondary N) is 1. The Morgan fingerprint density at radius 2 is 1.38 bits per heavy atom. The predicted molar refractivity (Wildman–Crippen MR) is 177 cm³/mol. The Bertz CT molecular complexity index is 2010. The average molecular weight is 621 g/mol. The Kier molecular flexibility index (Phi) is 6.83. The highest BCUT2D eigenvalue weighted by atomic mass is 19.1. The van der Waals surface area contributed by atoms with Gasteiger partial charge in [-0.25, -0.2) is 4.39 Å². The average Bonchev–Trinajstić information content (AvgIpc) is 3.60. The number of benzene rings is 5. The monoisotopic (exact) mass is 620 g/mol. The van der Waals surface area contributed by atoms with E-state index in [-0.39, 0.29) is 11.5 Å². The number of fused-ring (bicyclic) bond motifs is 6. The molecule has 0 aromatic heterocycles. The summed E-state index contributed by atoms with van der Waals surface area (Å²) in [5, 5.41) is 3.03. The van der Waals surface area contributed by atoms with Gasteiger partial charge in [0.25, 0.3) is 0 Å². The molecule has 1 fully saturated rings. The van der Waals surface area contributed by atoms with Gasteiger partial charge >= 0.3 is 5.97 Å². The van der Waals surface area contributed by atoms with E-state index >= 15 is 4.79 Å².